The average molecular weight is 364 g/mol. The third-order valence-corrected chi connectivity index (χ3v) is 4.02. The summed E-state index contributed by atoms with van der Waals surface area (Å²) in [5.74, 6) is -0.823. The van der Waals surface area contributed by atoms with E-state index in [0.717, 1.165) is 10.6 Å². The predicted octanol–water partition coefficient (Wildman–Crippen LogP) is 1.07. The van der Waals surface area contributed by atoms with Gasteiger partial charge < -0.3 is 10.5 Å². The Balaban J connectivity index is 2.35. The number of benzene rings is 1. The van der Waals surface area contributed by atoms with E-state index in [1.54, 1.807) is 18.2 Å². The molecule has 22 heavy (non-hydrogen) atoms. The zero-order valence-electron chi connectivity index (χ0n) is 11.3. The van der Waals surface area contributed by atoms with Crippen molar-refractivity contribution in [3.05, 3.63) is 50.2 Å². The zero-order chi connectivity index (χ0) is 16.0. The van der Waals surface area contributed by atoms with E-state index in [0.29, 0.717) is 15.9 Å². The summed E-state index contributed by atoms with van der Waals surface area (Å²) in [7, 11) is 1.49. The van der Waals surface area contributed by atoms with Gasteiger partial charge in [-0.1, -0.05) is 0 Å². The van der Waals surface area contributed by atoms with E-state index in [9.17, 15) is 14.4 Å². The fourth-order valence-electron chi connectivity index (χ4n) is 2.32. The lowest BCUT2D eigenvalue weighted by atomic mass is 10.1. The van der Waals surface area contributed by atoms with Crippen LogP contribution in [0.25, 0.3) is 5.69 Å². The molecule has 0 spiro atoms. The van der Waals surface area contributed by atoms with E-state index in [-0.39, 0.29) is 16.9 Å². The standard InChI is InChI=1S/C14H10BrN3O4/c1-22-6-2-3-8(15)9(4-6)18-10(19)5-7-11(12(18)16)14(21)17-13(7)20/h2-5H,16H2,1H3,(H,17,20,21). The van der Waals surface area contributed by atoms with Crippen LogP contribution < -0.4 is 21.3 Å². The first kappa shape index (κ1) is 14.3. The number of nitrogens with one attached hydrogen (secondary N) is 1. The van der Waals surface area contributed by atoms with E-state index in [4.69, 9.17) is 10.5 Å². The summed E-state index contributed by atoms with van der Waals surface area (Å²) in [5.41, 5.74) is 5.85. The topological polar surface area (TPSA) is 103 Å². The zero-order valence-corrected chi connectivity index (χ0v) is 12.9. The normalized spacial score (nSPS) is 13.0. The molecule has 8 heteroatoms. The Labute approximate surface area is 132 Å². The molecule has 0 radical (unpaired) electrons. The number of hydrogen-bond acceptors (Lipinski definition) is 5. The van der Waals surface area contributed by atoms with Gasteiger partial charge in [-0.05, 0) is 28.1 Å². The molecular formula is C14H10BrN3O4. The molecule has 0 aliphatic carbocycles. The monoisotopic (exact) mass is 363 g/mol. The summed E-state index contributed by atoms with van der Waals surface area (Å²) < 4.78 is 6.88. The van der Waals surface area contributed by atoms with Crippen LogP contribution in [0.15, 0.2) is 33.5 Å². The number of rotatable bonds is 2. The molecule has 1 aromatic heterocycles. The number of nitrogen functional groups attached to an aromatic ring is 1. The van der Waals surface area contributed by atoms with Crippen LogP contribution in [0.2, 0.25) is 0 Å². The van der Waals surface area contributed by atoms with E-state index in [1.165, 1.54) is 7.11 Å². The molecule has 3 N–H and O–H groups in total. The maximum Gasteiger partial charge on any atom is 0.262 e. The highest BCUT2D eigenvalue weighted by atomic mass is 79.9. The second-order valence-electron chi connectivity index (χ2n) is 4.59. The Morgan fingerprint density at radius 2 is 1.91 bits per heavy atom. The second kappa shape index (κ2) is 4.99. The number of aromatic nitrogens is 1. The summed E-state index contributed by atoms with van der Waals surface area (Å²) in [6.45, 7) is 0. The van der Waals surface area contributed by atoms with Gasteiger partial charge >= 0.3 is 0 Å². The highest BCUT2D eigenvalue weighted by Gasteiger charge is 2.32. The number of nitrogens with zero attached hydrogens (tertiary/aromatic N) is 1. The summed E-state index contributed by atoms with van der Waals surface area (Å²) in [5, 5.41) is 2.12. The number of halogens is 1. The fraction of sp³-hybridized carbons (Fsp3) is 0.0714. The van der Waals surface area contributed by atoms with Gasteiger partial charge in [0.25, 0.3) is 17.4 Å². The van der Waals surface area contributed by atoms with Crippen molar-refractivity contribution in [1.29, 1.82) is 0 Å². The van der Waals surface area contributed by atoms with Crippen molar-refractivity contribution >= 4 is 33.6 Å². The first-order valence-electron chi connectivity index (χ1n) is 6.19. The van der Waals surface area contributed by atoms with Crippen molar-refractivity contribution in [2.45, 2.75) is 0 Å². The van der Waals surface area contributed by atoms with Crippen LogP contribution in [0, 0.1) is 0 Å². The van der Waals surface area contributed by atoms with Crippen molar-refractivity contribution in [2.24, 2.45) is 0 Å². The molecule has 7 nitrogen and oxygen atoms in total. The van der Waals surface area contributed by atoms with Crippen molar-refractivity contribution in [2.75, 3.05) is 12.8 Å². The Kier molecular flexibility index (Phi) is 3.25. The first-order chi connectivity index (χ1) is 10.4. The summed E-state index contributed by atoms with van der Waals surface area (Å²) in [4.78, 5) is 35.8. The van der Waals surface area contributed by atoms with Gasteiger partial charge in [0.1, 0.15) is 11.6 Å². The van der Waals surface area contributed by atoms with Crippen LogP contribution in [-0.4, -0.2) is 23.5 Å². The number of fused-ring (bicyclic) bond motifs is 1. The Hall–Kier alpha value is -2.61. The molecule has 2 heterocycles. The number of anilines is 1. The minimum absolute atomic E-state index is 0.000630. The van der Waals surface area contributed by atoms with Gasteiger partial charge in [0, 0.05) is 16.6 Å². The van der Waals surface area contributed by atoms with Gasteiger partial charge in [-0.25, -0.2) is 0 Å². The van der Waals surface area contributed by atoms with Gasteiger partial charge in [0.15, 0.2) is 0 Å². The second-order valence-corrected chi connectivity index (χ2v) is 5.45. The molecule has 3 rings (SSSR count). The molecule has 1 aliphatic rings. The summed E-state index contributed by atoms with van der Waals surface area (Å²) in [6, 6.07) is 6.09. The minimum atomic E-state index is -0.624. The Bertz CT molecular complexity index is 888. The van der Waals surface area contributed by atoms with Crippen molar-refractivity contribution in [3.8, 4) is 11.4 Å². The maximum absolute atomic E-state index is 12.3. The van der Waals surface area contributed by atoms with Gasteiger partial charge in [-0.2, -0.15) is 0 Å². The lowest BCUT2D eigenvalue weighted by molar-refractivity contribution is 0.0880. The molecule has 0 saturated carbocycles. The molecular weight excluding hydrogens is 354 g/mol. The third kappa shape index (κ3) is 2.00. The minimum Gasteiger partial charge on any atom is -0.497 e. The number of nitrogens with two attached hydrogens (primary N) is 1. The van der Waals surface area contributed by atoms with E-state index in [2.05, 4.69) is 21.2 Å². The smallest absolute Gasteiger partial charge is 0.262 e. The van der Waals surface area contributed by atoms with E-state index < -0.39 is 17.4 Å². The number of imide groups is 1. The lowest BCUT2D eigenvalue weighted by Gasteiger charge is -2.14. The quantitative estimate of drug-likeness (QED) is 0.776. The molecule has 0 saturated heterocycles. The summed E-state index contributed by atoms with van der Waals surface area (Å²) in [6.07, 6.45) is 0. The largest absolute Gasteiger partial charge is 0.497 e. The number of amides is 2. The molecule has 1 aliphatic heterocycles. The van der Waals surface area contributed by atoms with Crippen LogP contribution in [0.4, 0.5) is 5.82 Å². The van der Waals surface area contributed by atoms with Crippen LogP contribution in [-0.2, 0) is 0 Å². The Morgan fingerprint density at radius 1 is 1.18 bits per heavy atom. The number of carbonyl (C=O) groups excluding carboxylic acids is 2. The van der Waals surface area contributed by atoms with Crippen LogP contribution in [0.5, 0.6) is 5.75 Å². The molecule has 0 unspecified atom stereocenters. The van der Waals surface area contributed by atoms with Crippen molar-refractivity contribution in [3.63, 3.8) is 0 Å². The first-order valence-corrected chi connectivity index (χ1v) is 6.98. The fourth-order valence-corrected chi connectivity index (χ4v) is 2.74. The van der Waals surface area contributed by atoms with E-state index in [1.807, 2.05) is 0 Å². The molecule has 112 valence electrons. The SMILES string of the molecule is COc1ccc(Br)c(-n2c(N)c3c(cc2=O)C(=O)NC3=O)c1. The van der Waals surface area contributed by atoms with Crippen LogP contribution in [0.1, 0.15) is 20.7 Å². The average Bonchev–Trinajstić information content (AvgIpc) is 2.75. The highest BCUT2D eigenvalue weighted by Crippen LogP contribution is 2.29. The maximum atomic E-state index is 12.3. The molecule has 1 aromatic carbocycles. The third-order valence-electron chi connectivity index (χ3n) is 3.35. The van der Waals surface area contributed by atoms with Gasteiger partial charge in [0.2, 0.25) is 0 Å². The van der Waals surface area contributed by atoms with E-state index >= 15 is 0 Å². The van der Waals surface area contributed by atoms with Gasteiger partial charge in [-0.15, -0.1) is 0 Å². The lowest BCUT2D eigenvalue weighted by Crippen LogP contribution is -2.24. The van der Waals surface area contributed by atoms with Gasteiger partial charge in [-0.3, -0.25) is 24.3 Å². The Morgan fingerprint density at radius 3 is 2.59 bits per heavy atom. The summed E-state index contributed by atoms with van der Waals surface area (Å²) >= 11 is 3.33. The number of methoxy groups -OCH3 is 1. The van der Waals surface area contributed by atoms with Crippen molar-refractivity contribution < 1.29 is 14.3 Å². The molecule has 0 fully saturated rings. The predicted molar refractivity (Wildman–Crippen MR) is 82.5 cm³/mol. The van der Waals surface area contributed by atoms with Crippen LogP contribution >= 0.6 is 15.9 Å². The molecule has 2 aromatic rings. The molecule has 2 amide bonds. The molecule has 0 atom stereocenters. The van der Waals surface area contributed by atoms with Crippen LogP contribution in [0.3, 0.4) is 0 Å². The number of hydrogen-bond donors (Lipinski definition) is 2. The highest BCUT2D eigenvalue weighted by molar-refractivity contribution is 9.10. The molecule has 0 bridgehead atoms. The van der Waals surface area contributed by atoms with Crippen molar-refractivity contribution in [1.82, 2.24) is 9.88 Å². The van der Waals surface area contributed by atoms with Gasteiger partial charge in [0.05, 0.1) is 23.9 Å². The number of pyridine rings is 1. The number of ether oxygens (including phenoxy) is 1. The number of carbonyl (C=O) groups is 2.